The summed E-state index contributed by atoms with van der Waals surface area (Å²) in [5, 5.41) is 35.7. The van der Waals surface area contributed by atoms with Gasteiger partial charge in [0.15, 0.2) is 0 Å². The molecule has 186 valence electrons. The molecule has 10 heteroatoms. The zero-order valence-corrected chi connectivity index (χ0v) is 20.7. The molecule has 0 amide bonds. The first-order valence-electron chi connectivity index (χ1n) is 11.4. The standard InChI is InChI=1S/C25H30N5O4.ClH/c1-4-23-28(33)21-12-11-20-17-22(21)30(23,34)29(20)25(13-5-6-14-27(25)15-16-31)24(32)18-7-9-19(10-8-18)26(2)3;/h5-14,17,23,31,33-34H,4,15-16H2,1-3H3;1H/q+1;/p-1. The topological polar surface area (TPSA) is 90.7 Å². The number of hydrogen-bond donors (Lipinski definition) is 3. The molecule has 2 aromatic rings. The van der Waals surface area contributed by atoms with E-state index in [1.165, 1.54) is 0 Å². The van der Waals surface area contributed by atoms with Crippen LogP contribution in [-0.4, -0.2) is 65.3 Å². The smallest absolute Gasteiger partial charge is 0.247 e. The lowest BCUT2D eigenvalue weighted by Crippen LogP contribution is -3.00. The van der Waals surface area contributed by atoms with Gasteiger partial charge in [-0.25, -0.2) is 0 Å². The van der Waals surface area contributed by atoms with E-state index in [0.29, 0.717) is 29.0 Å². The Morgan fingerprint density at radius 1 is 1.14 bits per heavy atom. The molecule has 0 fully saturated rings. The summed E-state index contributed by atoms with van der Waals surface area (Å²) in [5.41, 5.74) is 1.60. The van der Waals surface area contributed by atoms with Gasteiger partial charge in [0.1, 0.15) is 11.4 Å². The number of rotatable bonds is 7. The van der Waals surface area contributed by atoms with Crippen LogP contribution in [0.2, 0.25) is 0 Å². The highest BCUT2D eigenvalue weighted by Gasteiger charge is 2.67. The molecule has 0 saturated heterocycles. The summed E-state index contributed by atoms with van der Waals surface area (Å²) >= 11 is 0. The average Bonchev–Trinajstić information content (AvgIpc) is 3.19. The minimum atomic E-state index is -1.49. The third-order valence-corrected chi connectivity index (χ3v) is 6.96. The highest BCUT2D eigenvalue weighted by atomic mass is 35.5. The summed E-state index contributed by atoms with van der Waals surface area (Å²) in [4.78, 5) is 18.1. The van der Waals surface area contributed by atoms with Gasteiger partial charge in [-0.05, 0) is 53.3 Å². The van der Waals surface area contributed by atoms with Crippen LogP contribution in [0, 0.1) is 0 Å². The summed E-state index contributed by atoms with van der Waals surface area (Å²) in [6, 6.07) is 12.7. The Balaban J connectivity index is 0.00000289. The minimum absolute atomic E-state index is 0. The first-order chi connectivity index (χ1) is 16.3. The molecule has 0 spiro atoms. The maximum atomic E-state index is 14.4. The Labute approximate surface area is 210 Å². The first-order valence-corrected chi connectivity index (χ1v) is 11.4. The van der Waals surface area contributed by atoms with Gasteiger partial charge in [-0.15, -0.1) is 5.01 Å². The molecule has 2 bridgehead atoms. The molecule has 3 heterocycles. The zero-order chi connectivity index (χ0) is 24.3. The third kappa shape index (κ3) is 3.27. The number of β-amino-alcohol motifs (C(OH)–C–C–N with tert-alkyl or cyclic N) is 1. The Morgan fingerprint density at radius 3 is 2.49 bits per heavy atom. The SMILES string of the molecule is CCC1N(O)c2ccc3cc2[N+]1(O)N3C1(C(=O)c2ccc(N(C)C)cc2)C=CC=CN1CCO.[Cl-]. The van der Waals surface area contributed by atoms with Crippen molar-refractivity contribution in [1.29, 1.82) is 0 Å². The van der Waals surface area contributed by atoms with Crippen LogP contribution in [0.1, 0.15) is 23.7 Å². The van der Waals surface area contributed by atoms with Crippen LogP contribution in [0.5, 0.6) is 0 Å². The number of hydrogen-bond acceptors (Lipinski definition) is 8. The number of carbonyl (C=O) groups excluding carboxylic acids is 1. The summed E-state index contributed by atoms with van der Waals surface area (Å²) in [7, 11) is 3.87. The number of allylic oxidation sites excluding steroid dienone is 2. The van der Waals surface area contributed by atoms with E-state index in [0.717, 1.165) is 10.8 Å². The monoisotopic (exact) mass is 499 g/mol. The van der Waals surface area contributed by atoms with Crippen molar-refractivity contribution < 1.29 is 32.7 Å². The normalized spacial score (nSPS) is 25.8. The third-order valence-electron chi connectivity index (χ3n) is 6.96. The summed E-state index contributed by atoms with van der Waals surface area (Å²) < 4.78 is -0.758. The van der Waals surface area contributed by atoms with Gasteiger partial charge in [-0.1, -0.05) is 13.0 Å². The van der Waals surface area contributed by atoms with Crippen molar-refractivity contribution in [3.8, 4) is 0 Å². The largest absolute Gasteiger partial charge is 1.00 e. The van der Waals surface area contributed by atoms with Crippen LogP contribution in [0.15, 0.2) is 66.9 Å². The lowest BCUT2D eigenvalue weighted by molar-refractivity contribution is -0.145. The van der Waals surface area contributed by atoms with Gasteiger partial charge in [0, 0.05) is 50.6 Å². The molecule has 3 aliphatic heterocycles. The fourth-order valence-corrected chi connectivity index (χ4v) is 5.37. The van der Waals surface area contributed by atoms with Gasteiger partial charge in [0.2, 0.25) is 23.3 Å². The molecule has 35 heavy (non-hydrogen) atoms. The molecule has 3 unspecified atom stereocenters. The van der Waals surface area contributed by atoms with Crippen LogP contribution >= 0.6 is 0 Å². The van der Waals surface area contributed by atoms with Crippen molar-refractivity contribution in [2.45, 2.75) is 25.2 Å². The second-order valence-electron chi connectivity index (χ2n) is 8.98. The van der Waals surface area contributed by atoms with Gasteiger partial charge in [-0.3, -0.25) is 10.0 Å². The number of ketones is 1. The second kappa shape index (κ2) is 8.85. The van der Waals surface area contributed by atoms with Crippen molar-refractivity contribution in [2.24, 2.45) is 0 Å². The Bertz CT molecular complexity index is 1190. The Morgan fingerprint density at radius 2 is 1.86 bits per heavy atom. The van der Waals surface area contributed by atoms with Gasteiger partial charge >= 0.3 is 0 Å². The highest BCUT2D eigenvalue weighted by molar-refractivity contribution is 6.08. The predicted octanol–water partition coefficient (Wildman–Crippen LogP) is 0.0904. The van der Waals surface area contributed by atoms with Crippen molar-refractivity contribution in [2.75, 3.05) is 42.2 Å². The number of benzene rings is 2. The summed E-state index contributed by atoms with van der Waals surface area (Å²) in [5.74, 6) is -0.256. The lowest BCUT2D eigenvalue weighted by atomic mass is 9.92. The number of halogens is 1. The van der Waals surface area contributed by atoms with Gasteiger partial charge in [-0.2, -0.15) is 10.3 Å². The number of carbonyl (C=O) groups is 1. The maximum absolute atomic E-state index is 14.4. The van der Waals surface area contributed by atoms with Crippen LogP contribution in [0.25, 0.3) is 0 Å². The van der Waals surface area contributed by atoms with Crippen LogP contribution in [0.4, 0.5) is 22.7 Å². The van der Waals surface area contributed by atoms with E-state index in [1.807, 2.05) is 44.1 Å². The molecule has 3 N–H and O–H groups in total. The Hall–Kier alpha value is -3.08. The molecule has 5 rings (SSSR count). The maximum Gasteiger partial charge on any atom is 0.247 e. The number of quaternary nitrogens is 1. The van der Waals surface area contributed by atoms with Crippen LogP contribution in [0.3, 0.4) is 0 Å². The molecule has 2 aromatic carbocycles. The number of anilines is 3. The zero-order valence-electron chi connectivity index (χ0n) is 19.9. The number of nitrogens with zero attached hydrogens (tertiary/aromatic N) is 5. The minimum Gasteiger partial charge on any atom is -1.00 e. The van der Waals surface area contributed by atoms with Gasteiger partial charge < -0.3 is 27.3 Å². The van der Waals surface area contributed by atoms with Crippen molar-refractivity contribution in [3.05, 3.63) is 72.5 Å². The molecule has 0 aliphatic carbocycles. The van der Waals surface area contributed by atoms with Crippen LogP contribution < -0.4 is 32.1 Å². The van der Waals surface area contributed by atoms with Crippen molar-refractivity contribution in [3.63, 3.8) is 0 Å². The molecule has 0 saturated carbocycles. The number of aliphatic hydroxyl groups excluding tert-OH is 1. The first kappa shape index (κ1) is 25.0. The van der Waals surface area contributed by atoms with Gasteiger partial charge in [0.05, 0.1) is 6.61 Å². The number of aliphatic hydroxyl groups is 1. The molecule has 3 atom stereocenters. The second-order valence-corrected chi connectivity index (χ2v) is 8.98. The fourth-order valence-electron chi connectivity index (χ4n) is 5.37. The molecular formula is C25H30ClN5O4. The average molecular weight is 500 g/mol. The van der Waals surface area contributed by atoms with E-state index in [4.69, 9.17) is 0 Å². The van der Waals surface area contributed by atoms with E-state index >= 15 is 0 Å². The summed E-state index contributed by atoms with van der Waals surface area (Å²) in [6.45, 7) is 1.86. The fraction of sp³-hybridized carbons (Fsp3) is 0.320. The van der Waals surface area contributed by atoms with E-state index in [-0.39, 0.29) is 31.3 Å². The summed E-state index contributed by atoms with van der Waals surface area (Å²) in [6.07, 6.45) is 6.77. The van der Waals surface area contributed by atoms with Crippen molar-refractivity contribution >= 4 is 28.5 Å². The van der Waals surface area contributed by atoms with E-state index < -0.39 is 16.6 Å². The molecule has 0 radical (unpaired) electrons. The number of fused-ring (bicyclic) bond motifs is 1. The van der Waals surface area contributed by atoms with E-state index in [1.54, 1.807) is 58.6 Å². The van der Waals surface area contributed by atoms with Crippen molar-refractivity contribution in [1.82, 2.24) is 9.66 Å². The number of Topliss-reactive ketones (excluding diaryl/α,β-unsaturated/α-hetero) is 1. The van der Waals surface area contributed by atoms with Crippen LogP contribution in [-0.2, 0) is 0 Å². The quantitative estimate of drug-likeness (QED) is 0.365. The molecule has 3 aliphatic rings. The molecule has 0 aromatic heterocycles. The van der Waals surface area contributed by atoms with Gasteiger partial charge in [0.25, 0.3) is 0 Å². The highest BCUT2D eigenvalue weighted by Crippen LogP contribution is 2.56. The Kier molecular flexibility index (Phi) is 6.33. The molecule has 9 nitrogen and oxygen atoms in total. The number of hydroxylamine groups is 2. The van der Waals surface area contributed by atoms with E-state index in [9.17, 15) is 20.3 Å². The predicted molar refractivity (Wildman–Crippen MR) is 131 cm³/mol. The lowest BCUT2D eigenvalue weighted by Gasteiger charge is -2.51. The molecular weight excluding hydrogens is 470 g/mol. The van der Waals surface area contributed by atoms with E-state index in [2.05, 4.69) is 0 Å².